The van der Waals surface area contributed by atoms with E-state index in [1.54, 1.807) is 30.3 Å². The molecule has 0 radical (unpaired) electrons. The van der Waals surface area contributed by atoms with E-state index in [2.05, 4.69) is 25.0 Å². The normalized spacial score (nSPS) is 10.4. The first-order valence-electron chi connectivity index (χ1n) is 5.00. The lowest BCUT2D eigenvalue weighted by molar-refractivity contribution is 0.628. The highest BCUT2D eigenvalue weighted by Crippen LogP contribution is 2.22. The minimum absolute atomic E-state index is 0.368. The van der Waals surface area contributed by atoms with Gasteiger partial charge in [0, 0.05) is 5.56 Å². The molecule has 0 aliphatic rings. The van der Waals surface area contributed by atoms with Crippen LogP contribution in [-0.4, -0.2) is 5.27 Å². The van der Waals surface area contributed by atoms with E-state index in [0.717, 1.165) is 0 Å². The third kappa shape index (κ3) is 2.66. The topological polar surface area (TPSA) is 0 Å². The summed E-state index contributed by atoms with van der Waals surface area (Å²) < 4.78 is 27.2. The number of thiol groups is 2. The summed E-state index contributed by atoms with van der Waals surface area (Å²) in [6, 6.07) is 10.8. The van der Waals surface area contributed by atoms with E-state index in [1.165, 1.54) is 12.1 Å². The van der Waals surface area contributed by atoms with Gasteiger partial charge < -0.3 is 0 Å². The van der Waals surface area contributed by atoms with Gasteiger partial charge in [0.2, 0.25) is 0 Å². The predicted molar refractivity (Wildman–Crippen MR) is 75.2 cm³/mol. The molecule has 0 spiro atoms. The van der Waals surface area contributed by atoms with Crippen LogP contribution in [0.4, 0.5) is 8.78 Å². The molecular formula is C12H9BF2S2. The fourth-order valence-corrected chi connectivity index (χ4v) is 2.02. The van der Waals surface area contributed by atoms with Crippen molar-refractivity contribution >= 4 is 35.7 Å². The zero-order valence-electron chi connectivity index (χ0n) is 8.77. The summed E-state index contributed by atoms with van der Waals surface area (Å²) in [5, 5.41) is -0.482. The zero-order chi connectivity index (χ0) is 12.4. The molecule has 0 amide bonds. The monoisotopic (exact) mass is 266 g/mol. The first kappa shape index (κ1) is 12.5. The van der Waals surface area contributed by atoms with Crippen LogP contribution < -0.4 is 5.46 Å². The van der Waals surface area contributed by atoms with Crippen molar-refractivity contribution in [2.45, 2.75) is 0 Å². The summed E-state index contributed by atoms with van der Waals surface area (Å²) >= 11 is 8.10. The Hall–Kier alpha value is -0.935. The van der Waals surface area contributed by atoms with Gasteiger partial charge in [-0.05, 0) is 23.2 Å². The summed E-state index contributed by atoms with van der Waals surface area (Å²) in [5.74, 6) is -0.797. The maximum Gasteiger partial charge on any atom is 0.304 e. The lowest BCUT2D eigenvalue weighted by Gasteiger charge is -2.07. The molecular weight excluding hydrogens is 257 g/mol. The van der Waals surface area contributed by atoms with Crippen molar-refractivity contribution in [3.05, 3.63) is 54.1 Å². The highest BCUT2D eigenvalue weighted by molar-refractivity contribution is 8.42. The SMILES string of the molecule is Fc1cc(-c2ccccc2F)ccc1B(S)S. The molecule has 5 heteroatoms. The van der Waals surface area contributed by atoms with Crippen LogP contribution in [0.1, 0.15) is 0 Å². The quantitative estimate of drug-likeness (QED) is 0.605. The van der Waals surface area contributed by atoms with Gasteiger partial charge in [-0.3, -0.25) is 0 Å². The van der Waals surface area contributed by atoms with Crippen molar-refractivity contribution < 1.29 is 8.78 Å². The molecule has 0 aromatic heterocycles. The number of hydrogen-bond donors (Lipinski definition) is 2. The molecule has 2 aromatic rings. The van der Waals surface area contributed by atoms with Gasteiger partial charge in [-0.2, -0.15) is 0 Å². The molecule has 0 atom stereocenters. The largest absolute Gasteiger partial charge is 0.304 e. The molecule has 0 saturated carbocycles. The van der Waals surface area contributed by atoms with Crippen LogP contribution in [0, 0.1) is 11.6 Å². The number of hydrogen-bond acceptors (Lipinski definition) is 2. The summed E-state index contributed by atoms with van der Waals surface area (Å²) in [7, 11) is 0. The van der Waals surface area contributed by atoms with Gasteiger partial charge in [0.15, 0.2) is 0 Å². The Bertz CT molecular complexity index is 544. The first-order valence-corrected chi connectivity index (χ1v) is 6.03. The second kappa shape index (κ2) is 5.15. The Balaban J connectivity index is 2.49. The van der Waals surface area contributed by atoms with Crippen LogP contribution in [0.5, 0.6) is 0 Å². The summed E-state index contributed by atoms with van der Waals surface area (Å²) in [5.41, 5.74) is 1.27. The molecule has 2 rings (SSSR count). The maximum atomic E-state index is 13.7. The first-order chi connectivity index (χ1) is 8.09. The second-order valence-corrected chi connectivity index (χ2v) is 5.03. The van der Waals surface area contributed by atoms with E-state index in [1.807, 2.05) is 0 Å². The van der Waals surface area contributed by atoms with Gasteiger partial charge in [-0.15, -0.1) is 0 Å². The Labute approximate surface area is 110 Å². The van der Waals surface area contributed by atoms with Crippen molar-refractivity contribution in [1.29, 1.82) is 0 Å². The minimum Gasteiger partial charge on any atom is -0.208 e. The molecule has 17 heavy (non-hydrogen) atoms. The Morgan fingerprint density at radius 1 is 0.882 bits per heavy atom. The number of halogens is 2. The summed E-state index contributed by atoms with van der Waals surface area (Å²) in [6.07, 6.45) is 0. The van der Waals surface area contributed by atoms with Crippen LogP contribution in [-0.2, 0) is 0 Å². The van der Waals surface area contributed by atoms with Gasteiger partial charge >= 0.3 is 5.27 Å². The smallest absolute Gasteiger partial charge is 0.208 e. The van der Waals surface area contributed by atoms with Gasteiger partial charge in [-0.1, -0.05) is 30.3 Å². The number of benzene rings is 2. The summed E-state index contributed by atoms with van der Waals surface area (Å²) in [4.78, 5) is 0. The maximum absolute atomic E-state index is 13.7. The fourth-order valence-electron chi connectivity index (χ4n) is 1.60. The average Bonchev–Trinajstić information content (AvgIpc) is 2.29. The van der Waals surface area contributed by atoms with Crippen LogP contribution in [0.15, 0.2) is 42.5 Å². The van der Waals surface area contributed by atoms with Crippen molar-refractivity contribution in [2.24, 2.45) is 0 Å². The van der Waals surface area contributed by atoms with Crippen molar-refractivity contribution in [2.75, 3.05) is 0 Å². The molecule has 0 aliphatic heterocycles. The molecule has 0 nitrogen and oxygen atoms in total. The van der Waals surface area contributed by atoms with Gasteiger partial charge in [0.25, 0.3) is 0 Å². The average molecular weight is 266 g/mol. The molecule has 0 bridgehead atoms. The number of rotatable bonds is 2. The Morgan fingerprint density at radius 2 is 1.59 bits per heavy atom. The molecule has 0 N–H and O–H groups in total. The summed E-state index contributed by atoms with van der Waals surface area (Å²) in [6.45, 7) is 0. The molecule has 86 valence electrons. The van der Waals surface area contributed by atoms with Crippen LogP contribution in [0.2, 0.25) is 0 Å². The molecule has 0 fully saturated rings. The standard InChI is InChI=1S/C12H9BF2S2/c14-11-4-2-1-3-9(11)8-5-6-10(13(16)17)12(15)7-8/h1-7,16-17H. The van der Waals surface area contributed by atoms with Crippen LogP contribution in [0.3, 0.4) is 0 Å². The third-order valence-electron chi connectivity index (χ3n) is 2.46. The Morgan fingerprint density at radius 3 is 2.18 bits per heavy atom. The van der Waals surface area contributed by atoms with Crippen LogP contribution in [0.25, 0.3) is 11.1 Å². The van der Waals surface area contributed by atoms with Crippen molar-refractivity contribution in [3.8, 4) is 11.1 Å². The molecule has 0 heterocycles. The fraction of sp³-hybridized carbons (Fsp3) is 0. The van der Waals surface area contributed by atoms with E-state index in [0.29, 0.717) is 16.6 Å². The zero-order valence-corrected chi connectivity index (χ0v) is 10.6. The predicted octanol–water partition coefficient (Wildman–Crippen LogP) is 3.19. The second-order valence-electron chi connectivity index (χ2n) is 3.59. The van der Waals surface area contributed by atoms with Crippen molar-refractivity contribution in [3.63, 3.8) is 0 Å². The third-order valence-corrected chi connectivity index (χ3v) is 3.02. The van der Waals surface area contributed by atoms with E-state index < -0.39 is 11.1 Å². The Kier molecular flexibility index (Phi) is 3.79. The van der Waals surface area contributed by atoms with E-state index >= 15 is 0 Å². The van der Waals surface area contributed by atoms with E-state index in [4.69, 9.17) is 0 Å². The lowest BCUT2D eigenvalue weighted by Crippen LogP contribution is -2.22. The lowest BCUT2D eigenvalue weighted by atomic mass is 9.90. The van der Waals surface area contributed by atoms with Crippen molar-refractivity contribution in [1.82, 2.24) is 0 Å². The van der Waals surface area contributed by atoms with Gasteiger partial charge in [0.05, 0.1) is 0 Å². The molecule has 0 unspecified atom stereocenters. The highest BCUT2D eigenvalue weighted by Gasteiger charge is 2.13. The molecule has 0 aliphatic carbocycles. The highest BCUT2D eigenvalue weighted by atomic mass is 32.2. The van der Waals surface area contributed by atoms with Gasteiger partial charge in [0.1, 0.15) is 11.6 Å². The van der Waals surface area contributed by atoms with E-state index in [9.17, 15) is 8.78 Å². The minimum atomic E-state index is -0.482. The van der Waals surface area contributed by atoms with Gasteiger partial charge in [-0.25, -0.2) is 33.7 Å². The van der Waals surface area contributed by atoms with E-state index in [-0.39, 0.29) is 5.82 Å². The molecule has 0 saturated heterocycles. The molecule has 2 aromatic carbocycles. The van der Waals surface area contributed by atoms with Crippen LogP contribution >= 0.6 is 25.0 Å².